The minimum Gasteiger partial charge on any atom is -0.371 e. The number of pyridine rings is 1. The van der Waals surface area contributed by atoms with Crippen LogP contribution in [0.25, 0.3) is 0 Å². The molecule has 0 spiro atoms. The van der Waals surface area contributed by atoms with Crippen molar-refractivity contribution >= 4 is 17.3 Å². The molecule has 3 rings (SSSR count). The van der Waals surface area contributed by atoms with E-state index in [2.05, 4.69) is 41.2 Å². The van der Waals surface area contributed by atoms with Crippen molar-refractivity contribution in [1.82, 2.24) is 4.98 Å². The Hall–Kier alpha value is -2.36. The number of benzene rings is 1. The highest BCUT2D eigenvalue weighted by atomic mass is 16.1. The van der Waals surface area contributed by atoms with Crippen molar-refractivity contribution < 1.29 is 4.79 Å². The summed E-state index contributed by atoms with van der Waals surface area (Å²) in [7, 11) is 0. The van der Waals surface area contributed by atoms with Crippen LogP contribution < -0.4 is 10.2 Å². The number of carbonyl (C=O) groups excluding carboxylic acids is 1. The largest absolute Gasteiger partial charge is 0.371 e. The highest BCUT2D eigenvalue weighted by molar-refractivity contribution is 5.92. The van der Waals surface area contributed by atoms with E-state index in [0.29, 0.717) is 5.92 Å². The second-order valence-electron chi connectivity index (χ2n) is 6.73. The van der Waals surface area contributed by atoms with Crippen LogP contribution in [-0.4, -0.2) is 24.0 Å². The van der Waals surface area contributed by atoms with E-state index in [1.165, 1.54) is 11.3 Å². The standard InChI is InChI=1S/C20H25N3O/c1-15(2)16-3-5-18(6-4-16)22-20(24)17-9-13-23(14-10-17)19-7-11-21-12-8-19/h3-8,11-12,15,17H,9-10,13-14H2,1-2H3,(H,22,24). The lowest BCUT2D eigenvalue weighted by atomic mass is 9.95. The van der Waals surface area contributed by atoms with Crippen LogP contribution in [0.1, 0.15) is 38.2 Å². The maximum Gasteiger partial charge on any atom is 0.227 e. The molecule has 0 radical (unpaired) electrons. The van der Waals surface area contributed by atoms with Crippen LogP contribution in [0.5, 0.6) is 0 Å². The van der Waals surface area contributed by atoms with Crippen molar-refractivity contribution in [2.75, 3.05) is 23.3 Å². The molecule has 1 N–H and O–H groups in total. The summed E-state index contributed by atoms with van der Waals surface area (Å²) in [6.07, 6.45) is 5.40. The van der Waals surface area contributed by atoms with Crippen LogP contribution in [0, 0.1) is 5.92 Å². The Morgan fingerprint density at radius 1 is 1.08 bits per heavy atom. The van der Waals surface area contributed by atoms with Crippen molar-refractivity contribution in [3.63, 3.8) is 0 Å². The van der Waals surface area contributed by atoms with Gasteiger partial charge in [0, 0.05) is 42.8 Å². The summed E-state index contributed by atoms with van der Waals surface area (Å²) in [4.78, 5) is 18.9. The van der Waals surface area contributed by atoms with E-state index in [1.807, 2.05) is 36.7 Å². The van der Waals surface area contributed by atoms with Gasteiger partial charge in [0.05, 0.1) is 0 Å². The number of nitrogens with zero attached hydrogens (tertiary/aromatic N) is 2. The van der Waals surface area contributed by atoms with Gasteiger partial charge in [0.1, 0.15) is 0 Å². The molecule has 126 valence electrons. The lowest BCUT2D eigenvalue weighted by Crippen LogP contribution is -2.38. The van der Waals surface area contributed by atoms with Gasteiger partial charge in [-0.2, -0.15) is 0 Å². The van der Waals surface area contributed by atoms with Crippen LogP contribution in [0.4, 0.5) is 11.4 Å². The van der Waals surface area contributed by atoms with E-state index in [-0.39, 0.29) is 11.8 Å². The van der Waals surface area contributed by atoms with Crippen molar-refractivity contribution in [3.8, 4) is 0 Å². The number of aromatic nitrogens is 1. The fourth-order valence-corrected chi connectivity index (χ4v) is 3.15. The topological polar surface area (TPSA) is 45.2 Å². The van der Waals surface area contributed by atoms with Crippen molar-refractivity contribution in [1.29, 1.82) is 0 Å². The zero-order chi connectivity index (χ0) is 16.9. The van der Waals surface area contributed by atoms with Crippen LogP contribution in [-0.2, 0) is 4.79 Å². The van der Waals surface area contributed by atoms with Gasteiger partial charge in [0.2, 0.25) is 5.91 Å². The fourth-order valence-electron chi connectivity index (χ4n) is 3.15. The second-order valence-corrected chi connectivity index (χ2v) is 6.73. The molecule has 1 fully saturated rings. The van der Waals surface area contributed by atoms with E-state index in [1.54, 1.807) is 0 Å². The SMILES string of the molecule is CC(C)c1ccc(NC(=O)C2CCN(c3ccncc3)CC2)cc1. The number of anilines is 2. The van der Waals surface area contributed by atoms with E-state index in [0.717, 1.165) is 31.6 Å². The van der Waals surface area contributed by atoms with E-state index in [4.69, 9.17) is 0 Å². The predicted molar refractivity (Wildman–Crippen MR) is 98.3 cm³/mol. The average molecular weight is 323 g/mol. The van der Waals surface area contributed by atoms with Gasteiger partial charge in [-0.1, -0.05) is 26.0 Å². The first-order valence-corrected chi connectivity index (χ1v) is 8.69. The molecule has 1 saturated heterocycles. The van der Waals surface area contributed by atoms with Gasteiger partial charge in [-0.25, -0.2) is 0 Å². The summed E-state index contributed by atoms with van der Waals surface area (Å²) in [5.41, 5.74) is 3.37. The molecule has 0 aliphatic carbocycles. The minimum absolute atomic E-state index is 0.0906. The van der Waals surface area contributed by atoms with Gasteiger partial charge in [-0.3, -0.25) is 9.78 Å². The monoisotopic (exact) mass is 323 g/mol. The molecule has 4 nitrogen and oxygen atoms in total. The maximum atomic E-state index is 12.5. The first-order chi connectivity index (χ1) is 11.6. The lowest BCUT2D eigenvalue weighted by molar-refractivity contribution is -0.120. The van der Waals surface area contributed by atoms with Gasteiger partial charge in [0.25, 0.3) is 0 Å². The molecule has 1 aliphatic heterocycles. The maximum absolute atomic E-state index is 12.5. The van der Waals surface area contributed by atoms with Gasteiger partial charge in [-0.15, -0.1) is 0 Å². The molecule has 2 heterocycles. The molecule has 0 unspecified atom stereocenters. The lowest BCUT2D eigenvalue weighted by Gasteiger charge is -2.32. The van der Waals surface area contributed by atoms with Gasteiger partial charge >= 0.3 is 0 Å². The number of amides is 1. The number of piperidine rings is 1. The molecule has 4 heteroatoms. The number of rotatable bonds is 4. The Labute approximate surface area is 143 Å². The minimum atomic E-state index is 0.0906. The Morgan fingerprint density at radius 3 is 2.29 bits per heavy atom. The molecule has 1 aliphatic rings. The Morgan fingerprint density at radius 2 is 1.71 bits per heavy atom. The summed E-state index contributed by atoms with van der Waals surface area (Å²) < 4.78 is 0. The third-order valence-electron chi connectivity index (χ3n) is 4.74. The molecule has 24 heavy (non-hydrogen) atoms. The van der Waals surface area contributed by atoms with Crippen LogP contribution in [0.15, 0.2) is 48.8 Å². The van der Waals surface area contributed by atoms with Crippen LogP contribution >= 0.6 is 0 Å². The molecule has 0 atom stereocenters. The molecule has 1 aromatic carbocycles. The molecular formula is C20H25N3O. The van der Waals surface area contributed by atoms with Crippen molar-refractivity contribution in [3.05, 3.63) is 54.4 Å². The number of nitrogens with one attached hydrogen (secondary N) is 1. The molecule has 2 aromatic rings. The third kappa shape index (κ3) is 3.94. The predicted octanol–water partition coefficient (Wildman–Crippen LogP) is 4.06. The normalized spacial score (nSPS) is 15.5. The zero-order valence-corrected chi connectivity index (χ0v) is 14.4. The van der Waals surface area contributed by atoms with Crippen LogP contribution in [0.3, 0.4) is 0 Å². The first kappa shape index (κ1) is 16.5. The summed E-state index contributed by atoms with van der Waals surface area (Å²) in [5.74, 6) is 0.738. The van der Waals surface area contributed by atoms with E-state index in [9.17, 15) is 4.79 Å². The summed E-state index contributed by atoms with van der Waals surface area (Å²) in [6.45, 7) is 6.16. The van der Waals surface area contributed by atoms with Crippen LogP contribution in [0.2, 0.25) is 0 Å². The molecule has 0 saturated carbocycles. The Bertz CT molecular complexity index is 659. The second kappa shape index (κ2) is 7.47. The summed E-state index contributed by atoms with van der Waals surface area (Å²) in [6, 6.07) is 12.2. The molecule has 1 amide bonds. The van der Waals surface area contributed by atoms with E-state index >= 15 is 0 Å². The quantitative estimate of drug-likeness (QED) is 0.923. The highest BCUT2D eigenvalue weighted by Gasteiger charge is 2.25. The fraction of sp³-hybridized carbons (Fsp3) is 0.400. The van der Waals surface area contributed by atoms with Crippen molar-refractivity contribution in [2.24, 2.45) is 5.92 Å². The molecule has 0 bridgehead atoms. The zero-order valence-electron chi connectivity index (χ0n) is 14.4. The third-order valence-corrected chi connectivity index (χ3v) is 4.74. The molecule has 1 aromatic heterocycles. The van der Waals surface area contributed by atoms with Crippen molar-refractivity contribution in [2.45, 2.75) is 32.6 Å². The van der Waals surface area contributed by atoms with Gasteiger partial charge in [0.15, 0.2) is 0 Å². The number of hydrogen-bond acceptors (Lipinski definition) is 3. The number of hydrogen-bond donors (Lipinski definition) is 1. The smallest absolute Gasteiger partial charge is 0.227 e. The average Bonchev–Trinajstić information content (AvgIpc) is 2.63. The van der Waals surface area contributed by atoms with E-state index < -0.39 is 0 Å². The summed E-state index contributed by atoms with van der Waals surface area (Å²) in [5, 5.41) is 3.06. The number of carbonyl (C=O) groups is 1. The molecular weight excluding hydrogens is 298 g/mol. The summed E-state index contributed by atoms with van der Waals surface area (Å²) >= 11 is 0. The van der Waals surface area contributed by atoms with Gasteiger partial charge < -0.3 is 10.2 Å². The Kier molecular flexibility index (Phi) is 5.14. The first-order valence-electron chi connectivity index (χ1n) is 8.69. The highest BCUT2D eigenvalue weighted by Crippen LogP contribution is 2.24. The Balaban J connectivity index is 1.53. The van der Waals surface area contributed by atoms with Gasteiger partial charge in [-0.05, 0) is 48.6 Å².